The molecule has 0 radical (unpaired) electrons. The van der Waals surface area contributed by atoms with Crippen LogP contribution in [-0.4, -0.2) is 28.2 Å². The fourth-order valence-electron chi connectivity index (χ4n) is 2.13. The molecule has 0 saturated carbocycles. The standard InChI is InChI=1S/C12H18ClN3/c13-12-7-6-11(14-15-12)10-16-8-4-2-1-3-5-9-16/h6-7H,1-5,8-10H2. The highest BCUT2D eigenvalue weighted by atomic mass is 35.5. The van der Waals surface area contributed by atoms with Crippen LogP contribution in [0.5, 0.6) is 0 Å². The molecular weight excluding hydrogens is 222 g/mol. The number of hydrogen-bond donors (Lipinski definition) is 0. The molecule has 0 spiro atoms. The van der Waals surface area contributed by atoms with Crippen LogP contribution in [-0.2, 0) is 6.54 Å². The lowest BCUT2D eigenvalue weighted by atomic mass is 10.1. The van der Waals surface area contributed by atoms with Gasteiger partial charge in [0.1, 0.15) is 0 Å². The maximum Gasteiger partial charge on any atom is 0.151 e. The molecular formula is C12H18ClN3. The van der Waals surface area contributed by atoms with E-state index in [1.807, 2.05) is 12.1 Å². The number of nitrogens with zero attached hydrogens (tertiary/aromatic N) is 3. The van der Waals surface area contributed by atoms with Crippen LogP contribution in [0.2, 0.25) is 5.15 Å². The summed E-state index contributed by atoms with van der Waals surface area (Å²) in [5, 5.41) is 8.45. The van der Waals surface area contributed by atoms with E-state index in [1.165, 1.54) is 45.2 Å². The van der Waals surface area contributed by atoms with Crippen molar-refractivity contribution in [2.45, 2.75) is 38.6 Å². The number of likely N-dealkylation sites (tertiary alicyclic amines) is 1. The van der Waals surface area contributed by atoms with Crippen molar-refractivity contribution >= 4 is 11.6 Å². The smallest absolute Gasteiger partial charge is 0.151 e. The van der Waals surface area contributed by atoms with E-state index in [0.29, 0.717) is 5.15 Å². The summed E-state index contributed by atoms with van der Waals surface area (Å²) in [5.74, 6) is 0. The second-order valence-corrected chi connectivity index (χ2v) is 4.78. The predicted octanol–water partition coefficient (Wildman–Crippen LogP) is 2.90. The van der Waals surface area contributed by atoms with Gasteiger partial charge in [-0.15, -0.1) is 5.10 Å². The Kier molecular flexibility index (Phi) is 4.55. The Morgan fingerprint density at radius 1 is 1.00 bits per heavy atom. The van der Waals surface area contributed by atoms with Crippen LogP contribution in [0.25, 0.3) is 0 Å². The van der Waals surface area contributed by atoms with Crippen molar-refractivity contribution in [2.24, 2.45) is 0 Å². The summed E-state index contributed by atoms with van der Waals surface area (Å²) in [6.45, 7) is 3.28. The van der Waals surface area contributed by atoms with Crippen LogP contribution < -0.4 is 0 Å². The Balaban J connectivity index is 1.89. The van der Waals surface area contributed by atoms with E-state index in [2.05, 4.69) is 15.1 Å². The highest BCUT2D eigenvalue weighted by Gasteiger charge is 2.09. The second kappa shape index (κ2) is 6.16. The first-order chi connectivity index (χ1) is 7.84. The minimum atomic E-state index is 0.469. The van der Waals surface area contributed by atoms with Crippen molar-refractivity contribution < 1.29 is 0 Å². The zero-order chi connectivity index (χ0) is 11.2. The van der Waals surface area contributed by atoms with Gasteiger partial charge in [-0.05, 0) is 38.1 Å². The lowest BCUT2D eigenvalue weighted by Gasteiger charge is -2.23. The molecule has 1 aliphatic rings. The molecule has 0 aromatic carbocycles. The lowest BCUT2D eigenvalue weighted by molar-refractivity contribution is 0.236. The number of aromatic nitrogens is 2. The number of rotatable bonds is 2. The predicted molar refractivity (Wildman–Crippen MR) is 65.4 cm³/mol. The third-order valence-corrected chi connectivity index (χ3v) is 3.22. The summed E-state index contributed by atoms with van der Waals surface area (Å²) >= 11 is 5.71. The Morgan fingerprint density at radius 2 is 1.69 bits per heavy atom. The highest BCUT2D eigenvalue weighted by Crippen LogP contribution is 2.12. The molecule has 4 heteroatoms. The Morgan fingerprint density at radius 3 is 2.31 bits per heavy atom. The van der Waals surface area contributed by atoms with Gasteiger partial charge in [-0.25, -0.2) is 0 Å². The molecule has 88 valence electrons. The van der Waals surface area contributed by atoms with E-state index >= 15 is 0 Å². The van der Waals surface area contributed by atoms with Gasteiger partial charge in [0.05, 0.1) is 5.69 Å². The molecule has 2 heterocycles. The number of hydrogen-bond acceptors (Lipinski definition) is 3. The van der Waals surface area contributed by atoms with E-state index < -0.39 is 0 Å². The average molecular weight is 240 g/mol. The zero-order valence-electron chi connectivity index (χ0n) is 9.53. The van der Waals surface area contributed by atoms with Crippen LogP contribution >= 0.6 is 11.6 Å². The molecule has 1 aromatic heterocycles. The lowest BCUT2D eigenvalue weighted by Crippen LogP contribution is -2.27. The van der Waals surface area contributed by atoms with Gasteiger partial charge < -0.3 is 0 Å². The molecule has 0 atom stereocenters. The first-order valence-corrected chi connectivity index (χ1v) is 6.43. The van der Waals surface area contributed by atoms with Crippen molar-refractivity contribution in [3.8, 4) is 0 Å². The van der Waals surface area contributed by atoms with Crippen molar-refractivity contribution in [3.63, 3.8) is 0 Å². The fourth-order valence-corrected chi connectivity index (χ4v) is 2.23. The normalized spacial score (nSPS) is 19.1. The van der Waals surface area contributed by atoms with Gasteiger partial charge in [0, 0.05) is 6.54 Å². The van der Waals surface area contributed by atoms with Crippen molar-refractivity contribution in [1.82, 2.24) is 15.1 Å². The Hall–Kier alpha value is -0.670. The molecule has 16 heavy (non-hydrogen) atoms. The molecule has 3 nitrogen and oxygen atoms in total. The van der Waals surface area contributed by atoms with Gasteiger partial charge >= 0.3 is 0 Å². The first kappa shape index (κ1) is 11.8. The fraction of sp³-hybridized carbons (Fsp3) is 0.667. The summed E-state index contributed by atoms with van der Waals surface area (Å²) in [6.07, 6.45) is 6.74. The van der Waals surface area contributed by atoms with Gasteiger partial charge in [-0.3, -0.25) is 4.90 Å². The maximum absolute atomic E-state index is 5.71. The first-order valence-electron chi connectivity index (χ1n) is 6.05. The maximum atomic E-state index is 5.71. The van der Waals surface area contributed by atoms with Crippen molar-refractivity contribution in [3.05, 3.63) is 23.0 Å². The van der Waals surface area contributed by atoms with Crippen LogP contribution in [0.3, 0.4) is 0 Å². The average Bonchev–Trinajstić information content (AvgIpc) is 2.25. The van der Waals surface area contributed by atoms with Crippen molar-refractivity contribution in [1.29, 1.82) is 0 Å². The van der Waals surface area contributed by atoms with Gasteiger partial charge in [-0.2, -0.15) is 5.10 Å². The molecule has 0 unspecified atom stereocenters. The monoisotopic (exact) mass is 239 g/mol. The summed E-state index contributed by atoms with van der Waals surface area (Å²) in [5.41, 5.74) is 1.02. The van der Waals surface area contributed by atoms with E-state index in [9.17, 15) is 0 Å². The second-order valence-electron chi connectivity index (χ2n) is 4.39. The van der Waals surface area contributed by atoms with Crippen LogP contribution in [0.1, 0.15) is 37.8 Å². The molecule has 0 amide bonds. The quantitative estimate of drug-likeness (QED) is 0.795. The van der Waals surface area contributed by atoms with Crippen molar-refractivity contribution in [2.75, 3.05) is 13.1 Å². The summed E-state index contributed by atoms with van der Waals surface area (Å²) in [6, 6.07) is 3.78. The zero-order valence-corrected chi connectivity index (χ0v) is 10.3. The van der Waals surface area contributed by atoms with Crippen LogP contribution in [0.15, 0.2) is 12.1 Å². The Labute approximate surface area is 102 Å². The highest BCUT2D eigenvalue weighted by molar-refractivity contribution is 6.29. The summed E-state index contributed by atoms with van der Waals surface area (Å²) in [4.78, 5) is 2.47. The summed E-state index contributed by atoms with van der Waals surface area (Å²) < 4.78 is 0. The molecule has 1 aromatic rings. The van der Waals surface area contributed by atoms with Gasteiger partial charge in [0.25, 0.3) is 0 Å². The number of halogens is 1. The minimum Gasteiger partial charge on any atom is -0.297 e. The molecule has 1 aliphatic heterocycles. The largest absolute Gasteiger partial charge is 0.297 e. The third kappa shape index (κ3) is 3.72. The Bertz CT molecular complexity index is 305. The molecule has 0 aliphatic carbocycles. The van der Waals surface area contributed by atoms with E-state index in [1.54, 1.807) is 0 Å². The SMILES string of the molecule is Clc1ccc(CN2CCCCCCC2)nn1. The van der Waals surface area contributed by atoms with Gasteiger partial charge in [0.2, 0.25) is 0 Å². The molecule has 1 fully saturated rings. The molecule has 1 saturated heterocycles. The minimum absolute atomic E-state index is 0.469. The van der Waals surface area contributed by atoms with E-state index in [0.717, 1.165) is 12.2 Å². The molecule has 0 N–H and O–H groups in total. The third-order valence-electron chi connectivity index (χ3n) is 3.02. The molecule has 0 bridgehead atoms. The topological polar surface area (TPSA) is 29.0 Å². The molecule has 2 rings (SSSR count). The summed E-state index contributed by atoms with van der Waals surface area (Å²) in [7, 11) is 0. The van der Waals surface area contributed by atoms with Gasteiger partial charge in [0.15, 0.2) is 5.15 Å². The van der Waals surface area contributed by atoms with E-state index in [4.69, 9.17) is 11.6 Å². The van der Waals surface area contributed by atoms with Gasteiger partial charge in [-0.1, -0.05) is 30.9 Å². The van der Waals surface area contributed by atoms with Crippen LogP contribution in [0, 0.1) is 0 Å². The van der Waals surface area contributed by atoms with E-state index in [-0.39, 0.29) is 0 Å². The van der Waals surface area contributed by atoms with Crippen LogP contribution in [0.4, 0.5) is 0 Å².